The summed E-state index contributed by atoms with van der Waals surface area (Å²) in [7, 11) is 1.81. The Morgan fingerprint density at radius 3 is 2.50 bits per heavy atom. The number of aryl methyl sites for hydroxylation is 2. The van der Waals surface area contributed by atoms with Gasteiger partial charge in [0.05, 0.1) is 5.69 Å². The highest BCUT2D eigenvalue weighted by atomic mass is 35.5. The van der Waals surface area contributed by atoms with Crippen molar-refractivity contribution in [3.05, 3.63) is 52.1 Å². The van der Waals surface area contributed by atoms with Gasteiger partial charge in [0.2, 0.25) is 0 Å². The number of halogens is 2. The molecule has 0 aliphatic rings. The topological polar surface area (TPSA) is 55.9 Å². The molecule has 2 rings (SSSR count). The Bertz CT molecular complexity index is 580. The van der Waals surface area contributed by atoms with E-state index in [0.717, 1.165) is 16.8 Å². The van der Waals surface area contributed by atoms with Crippen molar-refractivity contribution in [3.8, 4) is 0 Å². The lowest BCUT2D eigenvalue weighted by Gasteiger charge is -2.16. The maximum absolute atomic E-state index is 12.9. The van der Waals surface area contributed by atoms with Gasteiger partial charge in [-0.1, -0.05) is 23.7 Å². The van der Waals surface area contributed by atoms with Gasteiger partial charge in [-0.15, -0.1) is 0 Å². The van der Waals surface area contributed by atoms with Crippen LogP contribution in [0.3, 0.4) is 0 Å². The number of rotatable bonds is 5. The second-order valence-electron chi connectivity index (χ2n) is 4.88. The highest BCUT2D eigenvalue weighted by Crippen LogP contribution is 2.21. The van der Waals surface area contributed by atoms with Crippen LogP contribution in [-0.4, -0.2) is 15.8 Å². The van der Waals surface area contributed by atoms with Crippen LogP contribution in [0.15, 0.2) is 24.3 Å². The molecule has 2 aromatic rings. The Labute approximate surface area is 122 Å². The summed E-state index contributed by atoms with van der Waals surface area (Å²) in [6.07, 6.45) is 1.37. The van der Waals surface area contributed by atoms with E-state index in [1.807, 2.05) is 14.0 Å². The molecule has 0 spiro atoms. The number of nitrogens with one attached hydrogen (secondary N) is 1. The van der Waals surface area contributed by atoms with Crippen molar-refractivity contribution in [2.24, 2.45) is 12.9 Å². The van der Waals surface area contributed by atoms with Gasteiger partial charge < -0.3 is 0 Å². The third kappa shape index (κ3) is 3.36. The van der Waals surface area contributed by atoms with Gasteiger partial charge >= 0.3 is 0 Å². The van der Waals surface area contributed by atoms with Crippen molar-refractivity contribution in [2.75, 3.05) is 0 Å². The number of hydrogen-bond acceptors (Lipinski definition) is 3. The van der Waals surface area contributed by atoms with E-state index in [0.29, 0.717) is 18.0 Å². The molecule has 0 aliphatic carbocycles. The number of benzene rings is 1. The van der Waals surface area contributed by atoms with Crippen molar-refractivity contribution in [2.45, 2.75) is 25.8 Å². The maximum atomic E-state index is 12.9. The fraction of sp³-hybridized carbons (Fsp3) is 0.357. The van der Waals surface area contributed by atoms with E-state index in [1.54, 1.807) is 16.8 Å². The predicted molar refractivity (Wildman–Crippen MR) is 77.9 cm³/mol. The Hall–Kier alpha value is -1.43. The van der Waals surface area contributed by atoms with Crippen molar-refractivity contribution in [1.82, 2.24) is 15.2 Å². The first-order chi connectivity index (χ1) is 9.51. The molecule has 0 saturated carbocycles. The van der Waals surface area contributed by atoms with Crippen LogP contribution in [0, 0.1) is 12.7 Å². The zero-order chi connectivity index (χ0) is 14.7. The summed E-state index contributed by atoms with van der Waals surface area (Å²) >= 11 is 6.22. The number of nitrogens with two attached hydrogens (primary N) is 1. The summed E-state index contributed by atoms with van der Waals surface area (Å²) < 4.78 is 14.5. The van der Waals surface area contributed by atoms with Gasteiger partial charge in [-0.3, -0.25) is 16.0 Å². The molecule has 20 heavy (non-hydrogen) atoms. The van der Waals surface area contributed by atoms with Gasteiger partial charge in [0.25, 0.3) is 0 Å². The largest absolute Gasteiger partial charge is 0.271 e. The van der Waals surface area contributed by atoms with Crippen molar-refractivity contribution in [3.63, 3.8) is 0 Å². The minimum absolute atomic E-state index is 0.0147. The average molecular weight is 297 g/mol. The second-order valence-corrected chi connectivity index (χ2v) is 5.23. The minimum atomic E-state index is -0.239. The summed E-state index contributed by atoms with van der Waals surface area (Å²) in [5, 5.41) is 4.91. The van der Waals surface area contributed by atoms with E-state index in [2.05, 4.69) is 10.5 Å². The number of hydrogen-bond donors (Lipinski definition) is 2. The first-order valence-corrected chi connectivity index (χ1v) is 6.77. The monoisotopic (exact) mass is 296 g/mol. The molecule has 1 heterocycles. The van der Waals surface area contributed by atoms with E-state index < -0.39 is 0 Å². The van der Waals surface area contributed by atoms with Crippen LogP contribution in [-0.2, 0) is 19.9 Å². The van der Waals surface area contributed by atoms with Gasteiger partial charge in [-0.25, -0.2) is 4.39 Å². The number of hydrazine groups is 1. The van der Waals surface area contributed by atoms with Gasteiger partial charge in [-0.05, 0) is 37.5 Å². The van der Waals surface area contributed by atoms with E-state index >= 15 is 0 Å². The third-order valence-electron chi connectivity index (χ3n) is 3.35. The SMILES string of the molecule is Cc1nn(C)c(Cl)c1CC(Cc1ccc(F)cc1)NN. The molecule has 0 radical (unpaired) electrons. The van der Waals surface area contributed by atoms with Crippen LogP contribution < -0.4 is 11.3 Å². The highest BCUT2D eigenvalue weighted by Gasteiger charge is 2.16. The highest BCUT2D eigenvalue weighted by molar-refractivity contribution is 6.30. The third-order valence-corrected chi connectivity index (χ3v) is 3.82. The molecule has 1 atom stereocenters. The van der Waals surface area contributed by atoms with Gasteiger partial charge in [0.1, 0.15) is 11.0 Å². The van der Waals surface area contributed by atoms with Gasteiger partial charge in [0, 0.05) is 18.7 Å². The molecular formula is C14H18ClFN4. The standard InChI is InChI=1S/C14H18ClFN4/c1-9-13(14(15)20(2)19-9)8-12(18-17)7-10-3-5-11(16)6-4-10/h3-6,12,18H,7-8,17H2,1-2H3. The molecule has 0 aliphatic heterocycles. The number of nitrogens with zero attached hydrogens (tertiary/aromatic N) is 2. The molecule has 6 heteroatoms. The fourth-order valence-electron chi connectivity index (χ4n) is 2.25. The Morgan fingerprint density at radius 2 is 2.00 bits per heavy atom. The Balaban J connectivity index is 2.11. The van der Waals surface area contributed by atoms with E-state index in [9.17, 15) is 4.39 Å². The fourth-order valence-corrected chi connectivity index (χ4v) is 2.50. The minimum Gasteiger partial charge on any atom is -0.271 e. The quantitative estimate of drug-likeness (QED) is 0.656. The lowest BCUT2D eigenvalue weighted by Crippen LogP contribution is -2.38. The van der Waals surface area contributed by atoms with Gasteiger partial charge in [0.15, 0.2) is 0 Å². The molecule has 0 fully saturated rings. The lowest BCUT2D eigenvalue weighted by atomic mass is 10.00. The van der Waals surface area contributed by atoms with Crippen LogP contribution in [0.4, 0.5) is 4.39 Å². The zero-order valence-electron chi connectivity index (χ0n) is 11.5. The van der Waals surface area contributed by atoms with Crippen LogP contribution in [0.25, 0.3) is 0 Å². The van der Waals surface area contributed by atoms with Crippen molar-refractivity contribution >= 4 is 11.6 Å². The lowest BCUT2D eigenvalue weighted by molar-refractivity contribution is 0.521. The summed E-state index contributed by atoms with van der Waals surface area (Å²) in [5.74, 6) is 5.37. The van der Waals surface area contributed by atoms with Crippen LogP contribution in [0.2, 0.25) is 5.15 Å². The Kier molecular flexibility index (Phi) is 4.75. The van der Waals surface area contributed by atoms with Crippen molar-refractivity contribution < 1.29 is 4.39 Å². The Morgan fingerprint density at radius 1 is 1.35 bits per heavy atom. The molecule has 1 aromatic carbocycles. The van der Waals surface area contributed by atoms with E-state index in [-0.39, 0.29) is 11.9 Å². The average Bonchev–Trinajstić information content (AvgIpc) is 2.66. The second kappa shape index (κ2) is 6.35. The zero-order valence-corrected chi connectivity index (χ0v) is 12.3. The van der Waals surface area contributed by atoms with Crippen LogP contribution in [0.1, 0.15) is 16.8 Å². The molecule has 4 nitrogen and oxygen atoms in total. The first kappa shape index (κ1) is 15.0. The molecular weight excluding hydrogens is 279 g/mol. The van der Waals surface area contributed by atoms with Gasteiger partial charge in [-0.2, -0.15) is 5.10 Å². The first-order valence-electron chi connectivity index (χ1n) is 6.39. The van der Waals surface area contributed by atoms with Crippen LogP contribution >= 0.6 is 11.6 Å². The number of aromatic nitrogens is 2. The summed E-state index contributed by atoms with van der Waals surface area (Å²) in [5.41, 5.74) is 5.69. The molecule has 0 saturated heterocycles. The van der Waals surface area contributed by atoms with Crippen LogP contribution in [0.5, 0.6) is 0 Å². The molecule has 1 unspecified atom stereocenters. The summed E-state index contributed by atoms with van der Waals surface area (Å²) in [6.45, 7) is 1.92. The summed E-state index contributed by atoms with van der Waals surface area (Å²) in [6, 6.07) is 6.44. The smallest absolute Gasteiger partial charge is 0.130 e. The van der Waals surface area contributed by atoms with E-state index in [1.165, 1.54) is 12.1 Å². The molecule has 3 N–H and O–H groups in total. The molecule has 108 valence electrons. The molecule has 0 amide bonds. The molecule has 1 aromatic heterocycles. The summed E-state index contributed by atoms with van der Waals surface area (Å²) in [4.78, 5) is 0. The predicted octanol–water partition coefficient (Wildman–Crippen LogP) is 2.14. The normalized spacial score (nSPS) is 12.7. The molecule has 0 bridgehead atoms. The maximum Gasteiger partial charge on any atom is 0.130 e. The van der Waals surface area contributed by atoms with Crippen molar-refractivity contribution in [1.29, 1.82) is 0 Å². The van der Waals surface area contributed by atoms with E-state index in [4.69, 9.17) is 17.4 Å².